The number of hydrogen-bond acceptors (Lipinski definition) is 3. The molecule has 2 aromatic rings. The van der Waals surface area contributed by atoms with Gasteiger partial charge in [0.25, 0.3) is 0 Å². The van der Waals surface area contributed by atoms with E-state index in [1.54, 1.807) is 11.3 Å². The lowest BCUT2D eigenvalue weighted by Crippen LogP contribution is -2.17. The highest BCUT2D eigenvalue weighted by molar-refractivity contribution is 7.16. The highest BCUT2D eigenvalue weighted by Gasteiger charge is 2.18. The number of halogens is 1. The van der Waals surface area contributed by atoms with E-state index in [-0.39, 0.29) is 6.04 Å². The Labute approximate surface area is 123 Å². The second-order valence-electron chi connectivity index (χ2n) is 4.34. The molecule has 1 aromatic carbocycles. The van der Waals surface area contributed by atoms with Gasteiger partial charge in [0.1, 0.15) is 5.75 Å². The molecule has 0 radical (unpaired) electrons. The lowest BCUT2D eigenvalue weighted by Gasteiger charge is -2.19. The van der Waals surface area contributed by atoms with E-state index in [2.05, 4.69) is 30.4 Å². The highest BCUT2D eigenvalue weighted by atomic mass is 35.5. The van der Waals surface area contributed by atoms with Gasteiger partial charge in [-0.15, -0.1) is 11.3 Å². The molecule has 1 heterocycles. The molecule has 0 amide bonds. The number of hydrogen-bond donors (Lipinski definition) is 1. The van der Waals surface area contributed by atoms with E-state index >= 15 is 0 Å². The number of aryl methyl sites for hydroxylation is 1. The van der Waals surface area contributed by atoms with Gasteiger partial charge in [0.05, 0.1) is 17.0 Å². The smallest absolute Gasteiger partial charge is 0.124 e. The molecule has 1 aromatic heterocycles. The quantitative estimate of drug-likeness (QED) is 0.882. The van der Waals surface area contributed by atoms with Crippen LogP contribution in [0, 0.1) is 6.92 Å². The average Bonchev–Trinajstić information content (AvgIpc) is 2.80. The Hall–Kier alpha value is -1.03. The zero-order valence-electron chi connectivity index (χ0n) is 11.4. The minimum Gasteiger partial charge on any atom is -0.494 e. The molecule has 1 N–H and O–H groups in total. The summed E-state index contributed by atoms with van der Waals surface area (Å²) in [4.78, 5) is 1.19. The number of benzene rings is 1. The number of rotatable bonds is 5. The van der Waals surface area contributed by atoms with Crippen LogP contribution in [0.3, 0.4) is 0 Å². The van der Waals surface area contributed by atoms with Crippen LogP contribution in [0.5, 0.6) is 5.75 Å². The normalized spacial score (nSPS) is 12.4. The van der Waals surface area contributed by atoms with Crippen molar-refractivity contribution in [3.8, 4) is 5.75 Å². The number of thiophene rings is 1. The van der Waals surface area contributed by atoms with Gasteiger partial charge in [-0.05, 0) is 39.1 Å². The van der Waals surface area contributed by atoms with Crippen molar-refractivity contribution in [2.24, 2.45) is 0 Å². The van der Waals surface area contributed by atoms with Crippen LogP contribution < -0.4 is 10.1 Å². The Kier molecular flexibility index (Phi) is 4.86. The van der Waals surface area contributed by atoms with E-state index in [4.69, 9.17) is 16.3 Å². The molecule has 102 valence electrons. The molecule has 1 atom stereocenters. The standard InChI is InChI=1S/C15H18ClNOS/c1-4-18-12-6-5-10(2)9-11(12)15(17-3)13-7-8-14(16)19-13/h5-9,15,17H,4H2,1-3H3. The zero-order valence-corrected chi connectivity index (χ0v) is 12.9. The highest BCUT2D eigenvalue weighted by Crippen LogP contribution is 2.35. The number of nitrogens with one attached hydrogen (secondary N) is 1. The first-order chi connectivity index (χ1) is 9.15. The lowest BCUT2D eigenvalue weighted by atomic mass is 10.0. The minimum absolute atomic E-state index is 0.110. The Balaban J connectivity index is 2.44. The predicted octanol–water partition coefficient (Wildman–Crippen LogP) is 4.42. The summed E-state index contributed by atoms with van der Waals surface area (Å²) in [6.45, 7) is 4.76. The van der Waals surface area contributed by atoms with E-state index in [0.717, 1.165) is 15.6 Å². The molecular weight excluding hydrogens is 278 g/mol. The van der Waals surface area contributed by atoms with Gasteiger partial charge >= 0.3 is 0 Å². The first kappa shape index (κ1) is 14.4. The molecule has 0 bridgehead atoms. The van der Waals surface area contributed by atoms with E-state index < -0.39 is 0 Å². The van der Waals surface area contributed by atoms with Crippen molar-refractivity contribution in [3.63, 3.8) is 0 Å². The molecule has 0 fully saturated rings. The van der Waals surface area contributed by atoms with Crippen molar-refractivity contribution in [2.75, 3.05) is 13.7 Å². The Morgan fingerprint density at radius 1 is 1.32 bits per heavy atom. The molecule has 0 aliphatic heterocycles. The molecule has 0 spiro atoms. The van der Waals surface area contributed by atoms with Gasteiger partial charge in [-0.2, -0.15) is 0 Å². The topological polar surface area (TPSA) is 21.3 Å². The van der Waals surface area contributed by atoms with Crippen LogP contribution in [0.2, 0.25) is 4.34 Å². The summed E-state index contributed by atoms with van der Waals surface area (Å²) in [6.07, 6.45) is 0. The van der Waals surface area contributed by atoms with Gasteiger partial charge in [0.15, 0.2) is 0 Å². The summed E-state index contributed by atoms with van der Waals surface area (Å²) >= 11 is 7.64. The Morgan fingerprint density at radius 2 is 2.11 bits per heavy atom. The van der Waals surface area contributed by atoms with E-state index in [1.165, 1.54) is 10.4 Å². The van der Waals surface area contributed by atoms with Crippen LogP contribution >= 0.6 is 22.9 Å². The van der Waals surface area contributed by atoms with Crippen LogP contribution in [-0.4, -0.2) is 13.7 Å². The van der Waals surface area contributed by atoms with Crippen LogP contribution in [-0.2, 0) is 0 Å². The Bertz CT molecular complexity index is 553. The first-order valence-corrected chi connectivity index (χ1v) is 7.51. The van der Waals surface area contributed by atoms with Gasteiger partial charge < -0.3 is 10.1 Å². The monoisotopic (exact) mass is 295 g/mol. The second kappa shape index (κ2) is 6.42. The van der Waals surface area contributed by atoms with Crippen molar-refractivity contribution >= 4 is 22.9 Å². The molecule has 0 aliphatic carbocycles. The van der Waals surface area contributed by atoms with Crippen molar-refractivity contribution in [3.05, 3.63) is 50.7 Å². The molecule has 1 unspecified atom stereocenters. The molecule has 0 saturated heterocycles. The molecule has 2 nitrogen and oxygen atoms in total. The maximum Gasteiger partial charge on any atom is 0.124 e. The predicted molar refractivity (Wildman–Crippen MR) is 82.6 cm³/mol. The first-order valence-electron chi connectivity index (χ1n) is 6.31. The summed E-state index contributed by atoms with van der Waals surface area (Å²) in [5, 5.41) is 3.35. The van der Waals surface area contributed by atoms with Gasteiger partial charge in [0.2, 0.25) is 0 Å². The maximum absolute atomic E-state index is 6.04. The maximum atomic E-state index is 6.04. The largest absolute Gasteiger partial charge is 0.494 e. The summed E-state index contributed by atoms with van der Waals surface area (Å²) in [5.74, 6) is 0.928. The summed E-state index contributed by atoms with van der Waals surface area (Å²) in [6, 6.07) is 10.4. The molecule has 0 saturated carbocycles. The molecular formula is C15H18ClNOS. The fraction of sp³-hybridized carbons (Fsp3) is 0.333. The van der Waals surface area contributed by atoms with Crippen LogP contribution in [0.25, 0.3) is 0 Å². The van der Waals surface area contributed by atoms with Crippen molar-refractivity contribution in [1.29, 1.82) is 0 Å². The lowest BCUT2D eigenvalue weighted by molar-refractivity contribution is 0.334. The molecule has 19 heavy (non-hydrogen) atoms. The third-order valence-electron chi connectivity index (χ3n) is 2.94. The van der Waals surface area contributed by atoms with Crippen LogP contribution in [0.4, 0.5) is 0 Å². The third-order valence-corrected chi connectivity index (χ3v) is 4.24. The van der Waals surface area contributed by atoms with E-state index in [0.29, 0.717) is 6.61 Å². The van der Waals surface area contributed by atoms with Gasteiger partial charge in [-0.1, -0.05) is 29.3 Å². The van der Waals surface area contributed by atoms with Gasteiger partial charge in [-0.3, -0.25) is 0 Å². The van der Waals surface area contributed by atoms with E-state index in [1.807, 2.05) is 26.1 Å². The minimum atomic E-state index is 0.110. The van der Waals surface area contributed by atoms with Gasteiger partial charge in [0, 0.05) is 10.4 Å². The van der Waals surface area contributed by atoms with Gasteiger partial charge in [-0.25, -0.2) is 0 Å². The summed E-state index contributed by atoms with van der Waals surface area (Å²) in [7, 11) is 1.95. The fourth-order valence-electron chi connectivity index (χ4n) is 2.11. The Morgan fingerprint density at radius 3 is 2.68 bits per heavy atom. The van der Waals surface area contributed by atoms with Crippen molar-refractivity contribution in [2.45, 2.75) is 19.9 Å². The third kappa shape index (κ3) is 3.30. The van der Waals surface area contributed by atoms with Crippen molar-refractivity contribution in [1.82, 2.24) is 5.32 Å². The molecule has 4 heteroatoms. The molecule has 0 aliphatic rings. The van der Waals surface area contributed by atoms with Crippen LogP contribution in [0.15, 0.2) is 30.3 Å². The SMILES string of the molecule is CCOc1ccc(C)cc1C(NC)c1ccc(Cl)s1. The second-order valence-corrected chi connectivity index (χ2v) is 6.08. The molecule has 2 rings (SSSR count). The number of ether oxygens (including phenoxy) is 1. The van der Waals surface area contributed by atoms with E-state index in [9.17, 15) is 0 Å². The van der Waals surface area contributed by atoms with Crippen molar-refractivity contribution < 1.29 is 4.74 Å². The summed E-state index contributed by atoms with van der Waals surface area (Å²) < 4.78 is 6.54. The fourth-order valence-corrected chi connectivity index (χ4v) is 3.31. The van der Waals surface area contributed by atoms with Crippen LogP contribution in [0.1, 0.15) is 29.0 Å². The summed E-state index contributed by atoms with van der Waals surface area (Å²) in [5.41, 5.74) is 2.38. The average molecular weight is 296 g/mol. The zero-order chi connectivity index (χ0) is 13.8.